The first kappa shape index (κ1) is 14.8. The van der Waals surface area contributed by atoms with Crippen LogP contribution in [0.3, 0.4) is 0 Å². The van der Waals surface area contributed by atoms with Crippen molar-refractivity contribution in [2.75, 3.05) is 5.32 Å². The molecule has 1 aromatic heterocycles. The number of hydrogen-bond acceptors (Lipinski definition) is 3. The van der Waals surface area contributed by atoms with Crippen LogP contribution >= 0.6 is 38.9 Å². The average molecular weight is 382 g/mol. The van der Waals surface area contributed by atoms with Crippen LogP contribution in [0.5, 0.6) is 0 Å². The summed E-state index contributed by atoms with van der Waals surface area (Å²) < 4.78 is 2.23. The molecule has 1 N–H and O–H groups in total. The molecule has 0 spiro atoms. The molecule has 3 rings (SSSR count). The average Bonchev–Trinajstić information content (AvgIpc) is 2.95. The van der Waals surface area contributed by atoms with Crippen LogP contribution < -0.4 is 5.32 Å². The number of rotatable bonds is 4. The molecule has 0 saturated carbocycles. The van der Waals surface area contributed by atoms with Crippen molar-refractivity contribution in [3.63, 3.8) is 0 Å². The van der Waals surface area contributed by atoms with E-state index >= 15 is 0 Å². The van der Waals surface area contributed by atoms with Gasteiger partial charge in [0.25, 0.3) is 0 Å². The molecule has 21 heavy (non-hydrogen) atoms. The monoisotopic (exact) mass is 380 g/mol. The molecule has 0 aliphatic heterocycles. The van der Waals surface area contributed by atoms with Gasteiger partial charge in [0.1, 0.15) is 5.52 Å². The highest BCUT2D eigenvalue weighted by Crippen LogP contribution is 2.35. The molecule has 1 heterocycles. The summed E-state index contributed by atoms with van der Waals surface area (Å²) in [5.74, 6) is 0. The topological polar surface area (TPSA) is 24.9 Å². The van der Waals surface area contributed by atoms with E-state index < -0.39 is 0 Å². The quantitative estimate of drug-likeness (QED) is 0.575. The molecule has 0 radical (unpaired) electrons. The first-order valence-electron chi connectivity index (χ1n) is 6.72. The van der Waals surface area contributed by atoms with Crippen molar-refractivity contribution >= 4 is 54.8 Å². The summed E-state index contributed by atoms with van der Waals surface area (Å²) in [6.45, 7) is 2.16. The fraction of sp³-hybridized carbons (Fsp3) is 0.188. The summed E-state index contributed by atoms with van der Waals surface area (Å²) in [7, 11) is 0. The highest BCUT2D eigenvalue weighted by molar-refractivity contribution is 9.10. The van der Waals surface area contributed by atoms with Gasteiger partial charge in [-0.15, -0.1) is 11.3 Å². The Morgan fingerprint density at radius 1 is 1.33 bits per heavy atom. The molecule has 3 aromatic rings. The van der Waals surface area contributed by atoms with Crippen molar-refractivity contribution in [3.05, 3.63) is 57.0 Å². The fourth-order valence-corrected chi connectivity index (χ4v) is 3.67. The molecule has 2 aromatic carbocycles. The van der Waals surface area contributed by atoms with E-state index in [9.17, 15) is 0 Å². The summed E-state index contributed by atoms with van der Waals surface area (Å²) in [5, 5.41) is 4.27. The van der Waals surface area contributed by atoms with Crippen LogP contribution in [-0.2, 0) is 0 Å². The van der Waals surface area contributed by atoms with E-state index in [2.05, 4.69) is 51.4 Å². The number of nitrogens with one attached hydrogen (secondary N) is 1. The SMILES string of the molecule is CCC(Nc1c(Cl)ccc2scnc12)c1cccc(Br)c1. The van der Waals surface area contributed by atoms with E-state index in [0.717, 1.165) is 26.8 Å². The normalized spacial score (nSPS) is 12.5. The van der Waals surface area contributed by atoms with Crippen molar-refractivity contribution in [2.24, 2.45) is 0 Å². The van der Waals surface area contributed by atoms with Crippen molar-refractivity contribution < 1.29 is 0 Å². The van der Waals surface area contributed by atoms with E-state index in [1.54, 1.807) is 11.3 Å². The third kappa shape index (κ3) is 3.07. The standard InChI is InChI=1S/C16H14BrClN2S/c1-2-13(10-4-3-5-11(17)8-10)20-15-12(18)6-7-14-16(15)19-9-21-14/h3-9,13,20H,2H2,1H3. The Morgan fingerprint density at radius 3 is 2.95 bits per heavy atom. The largest absolute Gasteiger partial charge is 0.375 e. The maximum atomic E-state index is 6.37. The summed E-state index contributed by atoms with van der Waals surface area (Å²) in [4.78, 5) is 4.44. The Morgan fingerprint density at radius 2 is 2.19 bits per heavy atom. The molecule has 0 saturated heterocycles. The van der Waals surface area contributed by atoms with Crippen LogP contribution in [0.25, 0.3) is 10.2 Å². The molecule has 2 nitrogen and oxygen atoms in total. The van der Waals surface area contributed by atoms with Crippen LogP contribution in [0, 0.1) is 0 Å². The minimum Gasteiger partial charge on any atom is -0.375 e. The Kier molecular flexibility index (Phi) is 4.48. The van der Waals surface area contributed by atoms with Crippen LogP contribution in [0.2, 0.25) is 5.02 Å². The lowest BCUT2D eigenvalue weighted by Crippen LogP contribution is -2.10. The van der Waals surface area contributed by atoms with Crippen LogP contribution in [-0.4, -0.2) is 4.98 Å². The van der Waals surface area contributed by atoms with Crippen LogP contribution in [0.1, 0.15) is 24.9 Å². The second-order valence-electron chi connectivity index (χ2n) is 4.78. The van der Waals surface area contributed by atoms with Crippen molar-refractivity contribution in [1.82, 2.24) is 4.98 Å². The minimum atomic E-state index is 0.201. The zero-order valence-electron chi connectivity index (χ0n) is 11.4. The second kappa shape index (κ2) is 6.34. The summed E-state index contributed by atoms with van der Waals surface area (Å²) in [6, 6.07) is 12.5. The number of hydrogen-bond donors (Lipinski definition) is 1. The molecular weight excluding hydrogens is 368 g/mol. The lowest BCUT2D eigenvalue weighted by Gasteiger charge is -2.20. The van der Waals surface area contributed by atoms with Gasteiger partial charge in [-0.05, 0) is 36.2 Å². The van der Waals surface area contributed by atoms with Crippen LogP contribution in [0.4, 0.5) is 5.69 Å². The van der Waals surface area contributed by atoms with Gasteiger partial charge in [-0.2, -0.15) is 0 Å². The van der Waals surface area contributed by atoms with E-state index in [0.29, 0.717) is 5.02 Å². The highest BCUT2D eigenvalue weighted by atomic mass is 79.9. The number of benzene rings is 2. The predicted molar refractivity (Wildman–Crippen MR) is 95.4 cm³/mol. The number of fused-ring (bicyclic) bond motifs is 1. The van der Waals surface area contributed by atoms with E-state index in [1.165, 1.54) is 5.56 Å². The van der Waals surface area contributed by atoms with Gasteiger partial charge in [0.15, 0.2) is 0 Å². The molecule has 0 aliphatic rings. The lowest BCUT2D eigenvalue weighted by molar-refractivity contribution is 0.750. The van der Waals surface area contributed by atoms with Crippen molar-refractivity contribution in [3.8, 4) is 0 Å². The summed E-state index contributed by atoms with van der Waals surface area (Å²) >= 11 is 11.5. The Bertz CT molecular complexity index is 772. The molecule has 108 valence electrons. The van der Waals surface area contributed by atoms with Gasteiger partial charge in [0.2, 0.25) is 0 Å². The zero-order valence-corrected chi connectivity index (χ0v) is 14.6. The maximum Gasteiger partial charge on any atom is 0.106 e. The second-order valence-corrected chi connectivity index (χ2v) is 6.99. The fourth-order valence-electron chi connectivity index (χ4n) is 2.36. The van der Waals surface area contributed by atoms with Crippen molar-refractivity contribution in [1.29, 1.82) is 0 Å². The van der Waals surface area contributed by atoms with Crippen LogP contribution in [0.15, 0.2) is 46.4 Å². The van der Waals surface area contributed by atoms with Gasteiger partial charge in [-0.3, -0.25) is 0 Å². The molecular formula is C16H14BrClN2S. The molecule has 1 unspecified atom stereocenters. The van der Waals surface area contributed by atoms with Gasteiger partial charge >= 0.3 is 0 Å². The first-order valence-corrected chi connectivity index (χ1v) is 8.77. The molecule has 1 atom stereocenters. The number of thiazole rings is 1. The predicted octanol–water partition coefficient (Wildman–Crippen LogP) is 6.28. The highest BCUT2D eigenvalue weighted by Gasteiger charge is 2.15. The number of aromatic nitrogens is 1. The van der Waals surface area contributed by atoms with Crippen molar-refractivity contribution in [2.45, 2.75) is 19.4 Å². The third-order valence-electron chi connectivity index (χ3n) is 3.43. The summed E-state index contributed by atoms with van der Waals surface area (Å²) in [5.41, 5.74) is 4.95. The van der Waals surface area contributed by atoms with Gasteiger partial charge in [0.05, 0.1) is 27.0 Å². The number of anilines is 1. The summed E-state index contributed by atoms with van der Waals surface area (Å²) in [6.07, 6.45) is 0.966. The van der Waals surface area contributed by atoms with E-state index in [-0.39, 0.29) is 6.04 Å². The maximum absolute atomic E-state index is 6.37. The van der Waals surface area contributed by atoms with Gasteiger partial charge in [-0.1, -0.05) is 46.6 Å². The first-order chi connectivity index (χ1) is 10.2. The minimum absolute atomic E-state index is 0.201. The molecule has 0 amide bonds. The zero-order chi connectivity index (χ0) is 14.8. The smallest absolute Gasteiger partial charge is 0.106 e. The number of nitrogens with zero attached hydrogens (tertiary/aromatic N) is 1. The van der Waals surface area contributed by atoms with E-state index in [4.69, 9.17) is 11.6 Å². The van der Waals surface area contributed by atoms with Gasteiger partial charge in [0, 0.05) is 4.47 Å². The molecule has 0 bridgehead atoms. The Labute approximate surface area is 141 Å². The molecule has 0 aliphatic carbocycles. The molecule has 0 fully saturated rings. The Balaban J connectivity index is 1.99. The number of halogens is 2. The van der Waals surface area contributed by atoms with E-state index in [1.807, 2.05) is 23.7 Å². The third-order valence-corrected chi connectivity index (χ3v) is 5.03. The van der Waals surface area contributed by atoms with Gasteiger partial charge < -0.3 is 5.32 Å². The molecule has 5 heteroatoms. The van der Waals surface area contributed by atoms with Gasteiger partial charge in [-0.25, -0.2) is 4.98 Å². The lowest BCUT2D eigenvalue weighted by atomic mass is 10.0. The Hall–Kier alpha value is -1.10.